The van der Waals surface area contributed by atoms with Crippen molar-refractivity contribution in [1.29, 1.82) is 0 Å². The average Bonchev–Trinajstić information content (AvgIpc) is 3.09. The normalized spacial score (nSPS) is 24.1. The zero-order valence-corrected chi connectivity index (χ0v) is 16.4. The average molecular weight is 396 g/mol. The molecule has 2 aliphatic rings. The predicted molar refractivity (Wildman–Crippen MR) is 110 cm³/mol. The number of aromatic nitrogens is 3. The third-order valence-electron chi connectivity index (χ3n) is 6.19. The standard InChI is InChI=1S/C21H22ClN5O/c1-27-11-12(8-20(28)24-19-6-5-18(22)25-26-19)7-15-14-3-2-4-16-21(14)13(10-23-16)9-17(15)27/h2-6,10,12,15,17,23H,7-9,11H2,1H3,(H,24,26,28)/t12-,15?,17+/m0/s1. The molecule has 1 aromatic carbocycles. The Morgan fingerprint density at radius 3 is 3.04 bits per heavy atom. The summed E-state index contributed by atoms with van der Waals surface area (Å²) in [5.74, 6) is 1.18. The number of hydrogen-bond donors (Lipinski definition) is 2. The summed E-state index contributed by atoms with van der Waals surface area (Å²) in [4.78, 5) is 18.4. The van der Waals surface area contributed by atoms with Gasteiger partial charge in [0.15, 0.2) is 11.0 Å². The van der Waals surface area contributed by atoms with Gasteiger partial charge >= 0.3 is 0 Å². The fourth-order valence-corrected chi connectivity index (χ4v) is 5.14. The molecule has 0 radical (unpaired) electrons. The van der Waals surface area contributed by atoms with Crippen LogP contribution in [-0.2, 0) is 11.2 Å². The monoisotopic (exact) mass is 395 g/mol. The van der Waals surface area contributed by atoms with E-state index >= 15 is 0 Å². The van der Waals surface area contributed by atoms with E-state index in [2.05, 4.69) is 56.8 Å². The van der Waals surface area contributed by atoms with Crippen molar-refractivity contribution in [3.05, 3.63) is 52.8 Å². The fourth-order valence-electron chi connectivity index (χ4n) is 5.04. The summed E-state index contributed by atoms with van der Waals surface area (Å²) in [6.07, 6.45) is 4.73. The second kappa shape index (κ2) is 6.87. The second-order valence-corrected chi connectivity index (χ2v) is 8.38. The maximum absolute atomic E-state index is 12.5. The summed E-state index contributed by atoms with van der Waals surface area (Å²) < 4.78 is 0. The number of aromatic amines is 1. The molecule has 2 N–H and O–H groups in total. The van der Waals surface area contributed by atoms with E-state index in [0.29, 0.717) is 35.3 Å². The molecule has 3 aromatic rings. The van der Waals surface area contributed by atoms with Crippen molar-refractivity contribution in [1.82, 2.24) is 20.1 Å². The summed E-state index contributed by atoms with van der Waals surface area (Å²) >= 11 is 5.75. The van der Waals surface area contributed by atoms with Crippen molar-refractivity contribution in [3.63, 3.8) is 0 Å². The van der Waals surface area contributed by atoms with Crippen molar-refractivity contribution in [2.45, 2.75) is 31.2 Å². The third-order valence-corrected chi connectivity index (χ3v) is 6.39. The van der Waals surface area contributed by atoms with Gasteiger partial charge in [0, 0.05) is 42.0 Å². The maximum atomic E-state index is 12.5. The first-order chi connectivity index (χ1) is 13.6. The molecule has 5 rings (SSSR count). The van der Waals surface area contributed by atoms with E-state index in [-0.39, 0.29) is 5.91 Å². The highest BCUT2D eigenvalue weighted by atomic mass is 35.5. The van der Waals surface area contributed by atoms with E-state index in [4.69, 9.17) is 11.6 Å². The molecule has 28 heavy (non-hydrogen) atoms. The number of benzene rings is 1. The van der Waals surface area contributed by atoms with Gasteiger partial charge in [-0.15, -0.1) is 10.2 Å². The summed E-state index contributed by atoms with van der Waals surface area (Å²) in [7, 11) is 2.18. The first-order valence-electron chi connectivity index (χ1n) is 9.66. The minimum atomic E-state index is -0.0233. The van der Waals surface area contributed by atoms with Crippen molar-refractivity contribution in [2.75, 3.05) is 18.9 Å². The molecule has 6 nitrogen and oxygen atoms in total. The van der Waals surface area contributed by atoms with Gasteiger partial charge in [-0.05, 0) is 55.1 Å². The smallest absolute Gasteiger partial charge is 0.225 e. The number of carbonyl (C=O) groups excluding carboxylic acids is 1. The number of hydrogen-bond acceptors (Lipinski definition) is 4. The van der Waals surface area contributed by atoms with Crippen molar-refractivity contribution in [3.8, 4) is 0 Å². The number of amides is 1. The first kappa shape index (κ1) is 17.6. The Hall–Kier alpha value is -2.44. The highest BCUT2D eigenvalue weighted by molar-refractivity contribution is 6.29. The number of nitrogens with one attached hydrogen (secondary N) is 2. The van der Waals surface area contributed by atoms with Crippen LogP contribution in [-0.4, -0.2) is 45.6 Å². The summed E-state index contributed by atoms with van der Waals surface area (Å²) in [5.41, 5.74) is 4.05. The zero-order chi connectivity index (χ0) is 19.3. The third kappa shape index (κ3) is 3.06. The number of likely N-dealkylation sites (tertiary alicyclic amines) is 1. The van der Waals surface area contributed by atoms with E-state index in [1.165, 1.54) is 22.0 Å². The number of likely N-dealkylation sites (N-methyl/N-ethyl adjacent to an activating group) is 1. The van der Waals surface area contributed by atoms with E-state index in [1.54, 1.807) is 12.1 Å². The van der Waals surface area contributed by atoms with Gasteiger partial charge in [-0.2, -0.15) is 0 Å². The highest BCUT2D eigenvalue weighted by Gasteiger charge is 2.39. The molecule has 0 saturated carbocycles. The van der Waals surface area contributed by atoms with Crippen LogP contribution in [0, 0.1) is 5.92 Å². The number of nitrogens with zero attached hydrogens (tertiary/aromatic N) is 3. The Kier molecular flexibility index (Phi) is 4.33. The largest absolute Gasteiger partial charge is 0.361 e. The van der Waals surface area contributed by atoms with Gasteiger partial charge in [-0.1, -0.05) is 23.7 Å². The van der Waals surface area contributed by atoms with Gasteiger partial charge in [0.2, 0.25) is 5.91 Å². The van der Waals surface area contributed by atoms with Crippen molar-refractivity contribution >= 4 is 34.2 Å². The molecule has 1 fully saturated rings. The van der Waals surface area contributed by atoms with Gasteiger partial charge in [0.05, 0.1) is 0 Å². The molecule has 2 aromatic heterocycles. The van der Waals surface area contributed by atoms with Gasteiger partial charge in [-0.25, -0.2) is 0 Å². The number of fused-ring (bicyclic) bond motifs is 2. The lowest BCUT2D eigenvalue weighted by Gasteiger charge is -2.45. The van der Waals surface area contributed by atoms with E-state index in [1.807, 2.05) is 0 Å². The van der Waals surface area contributed by atoms with Crippen LogP contribution >= 0.6 is 11.6 Å². The zero-order valence-electron chi connectivity index (χ0n) is 15.7. The molecule has 144 valence electrons. The van der Waals surface area contributed by atoms with Crippen LogP contribution in [0.5, 0.6) is 0 Å². The quantitative estimate of drug-likeness (QED) is 0.710. The fraction of sp³-hybridized carbons (Fsp3) is 0.381. The first-order valence-corrected chi connectivity index (χ1v) is 10.0. The maximum Gasteiger partial charge on any atom is 0.225 e. The van der Waals surface area contributed by atoms with Crippen LogP contribution in [0.4, 0.5) is 5.82 Å². The number of H-pyrrole nitrogens is 1. The molecule has 1 amide bonds. The molecule has 3 heterocycles. The molecule has 1 aliphatic heterocycles. The predicted octanol–water partition coefficient (Wildman–Crippen LogP) is 3.60. The molecular weight excluding hydrogens is 374 g/mol. The molecule has 1 saturated heterocycles. The van der Waals surface area contributed by atoms with Crippen LogP contribution in [0.25, 0.3) is 10.9 Å². The molecule has 0 spiro atoms. The van der Waals surface area contributed by atoms with Gasteiger partial charge < -0.3 is 15.2 Å². The van der Waals surface area contributed by atoms with Crippen LogP contribution < -0.4 is 5.32 Å². The number of halogens is 1. The van der Waals surface area contributed by atoms with Crippen LogP contribution in [0.1, 0.15) is 29.9 Å². The molecule has 1 unspecified atom stereocenters. The highest BCUT2D eigenvalue weighted by Crippen LogP contribution is 2.44. The Balaban J connectivity index is 1.34. The molecule has 1 aliphatic carbocycles. The SMILES string of the molecule is CN1C[C@H](CC(=O)Nc2ccc(Cl)nn2)CC2c3cccc4[nH]cc(c34)C[C@H]21. The van der Waals surface area contributed by atoms with Gasteiger partial charge in [-0.3, -0.25) is 4.79 Å². The second-order valence-electron chi connectivity index (χ2n) is 8.00. The lowest BCUT2D eigenvalue weighted by Crippen LogP contribution is -2.48. The Bertz CT molecular complexity index is 1030. The Labute approximate surface area is 168 Å². The molecule has 0 bridgehead atoms. The summed E-state index contributed by atoms with van der Waals surface area (Å²) in [6, 6.07) is 10.3. The van der Waals surface area contributed by atoms with Crippen LogP contribution in [0.3, 0.4) is 0 Å². The summed E-state index contributed by atoms with van der Waals surface area (Å²) in [5, 5.41) is 12.2. The molecular formula is C21H22ClN5O. The van der Waals surface area contributed by atoms with E-state index < -0.39 is 0 Å². The van der Waals surface area contributed by atoms with Gasteiger partial charge in [0.1, 0.15) is 0 Å². The lowest BCUT2D eigenvalue weighted by molar-refractivity contribution is -0.117. The van der Waals surface area contributed by atoms with Crippen molar-refractivity contribution in [2.24, 2.45) is 5.92 Å². The molecule has 7 heteroatoms. The Morgan fingerprint density at radius 2 is 2.21 bits per heavy atom. The van der Waals surface area contributed by atoms with Gasteiger partial charge in [0.25, 0.3) is 0 Å². The van der Waals surface area contributed by atoms with Crippen LogP contribution in [0.15, 0.2) is 36.5 Å². The summed E-state index contributed by atoms with van der Waals surface area (Å²) in [6.45, 7) is 0.927. The number of piperidine rings is 1. The number of anilines is 1. The van der Waals surface area contributed by atoms with E-state index in [0.717, 1.165) is 19.4 Å². The minimum absolute atomic E-state index is 0.0233. The topological polar surface area (TPSA) is 73.9 Å². The van der Waals surface area contributed by atoms with Crippen LogP contribution in [0.2, 0.25) is 5.15 Å². The minimum Gasteiger partial charge on any atom is -0.361 e. The lowest BCUT2D eigenvalue weighted by atomic mass is 9.72. The van der Waals surface area contributed by atoms with E-state index in [9.17, 15) is 4.79 Å². The van der Waals surface area contributed by atoms with Crippen molar-refractivity contribution < 1.29 is 4.79 Å². The molecule has 3 atom stereocenters. The number of carbonyl (C=O) groups is 1. The Morgan fingerprint density at radius 1 is 1.32 bits per heavy atom. The number of rotatable bonds is 3.